The normalized spacial score (nSPS) is 10.7. The summed E-state index contributed by atoms with van der Waals surface area (Å²) in [6.45, 7) is 2.14. The molecule has 9 heteroatoms. The van der Waals surface area contributed by atoms with Crippen molar-refractivity contribution >= 4 is 23.4 Å². The molecule has 0 atom stereocenters. The lowest BCUT2D eigenvalue weighted by atomic mass is 10.2. The number of carbonyl (C=O) groups is 1. The number of carbonyl (C=O) groups excluding carboxylic acids is 1. The van der Waals surface area contributed by atoms with E-state index >= 15 is 0 Å². The molecule has 0 radical (unpaired) electrons. The fourth-order valence-electron chi connectivity index (χ4n) is 2.04. The van der Waals surface area contributed by atoms with Gasteiger partial charge in [-0.2, -0.15) is 4.73 Å². The van der Waals surface area contributed by atoms with Gasteiger partial charge in [0.05, 0.1) is 5.75 Å². The molecule has 0 amide bonds. The molecule has 0 aliphatic carbocycles. The van der Waals surface area contributed by atoms with E-state index in [9.17, 15) is 19.6 Å². The Balaban J connectivity index is 2.29. The van der Waals surface area contributed by atoms with E-state index in [1.807, 2.05) is 6.92 Å². The van der Waals surface area contributed by atoms with Gasteiger partial charge in [0.2, 0.25) is 0 Å². The largest absolute Gasteiger partial charge is 0.618 e. The third kappa shape index (κ3) is 3.62. The number of hydrogen-bond acceptors (Lipinski definition) is 6. The number of nitrogens with one attached hydrogen (secondary N) is 1. The van der Waals surface area contributed by atoms with Crippen molar-refractivity contribution in [3.05, 3.63) is 56.0 Å². The van der Waals surface area contributed by atoms with Crippen molar-refractivity contribution in [1.82, 2.24) is 9.55 Å². The molecule has 8 nitrogen and oxygen atoms in total. The first-order valence-electron chi connectivity index (χ1n) is 6.92. The van der Waals surface area contributed by atoms with Crippen LogP contribution < -0.4 is 21.7 Å². The Morgan fingerprint density at radius 1 is 1.43 bits per heavy atom. The summed E-state index contributed by atoms with van der Waals surface area (Å²) in [6, 6.07) is 4.81. The second-order valence-corrected chi connectivity index (χ2v) is 5.74. The van der Waals surface area contributed by atoms with Crippen LogP contribution in [0.4, 0.5) is 5.82 Å². The number of nitrogens with two attached hydrogens (primary N) is 1. The summed E-state index contributed by atoms with van der Waals surface area (Å²) in [5, 5.41) is 11.9. The molecule has 2 heterocycles. The molecule has 0 bridgehead atoms. The first-order chi connectivity index (χ1) is 11.0. The van der Waals surface area contributed by atoms with E-state index in [1.54, 1.807) is 18.2 Å². The Morgan fingerprint density at radius 2 is 2.17 bits per heavy atom. The molecule has 0 fully saturated rings. The first-order valence-corrected chi connectivity index (χ1v) is 7.91. The van der Waals surface area contributed by atoms with Crippen LogP contribution in [-0.4, -0.2) is 21.1 Å². The third-order valence-corrected chi connectivity index (χ3v) is 4.12. The van der Waals surface area contributed by atoms with Crippen LogP contribution >= 0.6 is 11.8 Å². The molecule has 2 aromatic rings. The molecule has 23 heavy (non-hydrogen) atoms. The number of nitrogens with zero attached hydrogens (tertiary/aromatic N) is 2. The summed E-state index contributed by atoms with van der Waals surface area (Å²) in [7, 11) is 0. The topological polar surface area (TPSA) is 125 Å². The average molecular weight is 336 g/mol. The van der Waals surface area contributed by atoms with Crippen molar-refractivity contribution in [2.45, 2.75) is 24.9 Å². The maximum Gasteiger partial charge on any atom is 0.329 e. The van der Waals surface area contributed by atoms with Gasteiger partial charge in [0.25, 0.3) is 10.6 Å². The second kappa shape index (κ2) is 7.14. The second-order valence-electron chi connectivity index (χ2n) is 4.75. The number of thioether (sulfide) groups is 1. The van der Waals surface area contributed by atoms with Crippen LogP contribution in [0, 0.1) is 5.21 Å². The third-order valence-electron chi connectivity index (χ3n) is 3.11. The predicted octanol–water partition coefficient (Wildman–Crippen LogP) is 0.137. The van der Waals surface area contributed by atoms with Gasteiger partial charge < -0.3 is 10.9 Å². The van der Waals surface area contributed by atoms with Crippen molar-refractivity contribution in [3.8, 4) is 0 Å². The number of Topliss-reactive ketones (excluding diaryl/α,β-unsaturated/α-hetero) is 1. The maximum absolute atomic E-state index is 12.3. The number of ketones is 1. The van der Waals surface area contributed by atoms with Crippen LogP contribution in [0.3, 0.4) is 0 Å². The molecule has 0 unspecified atom stereocenters. The molecule has 0 saturated carbocycles. The van der Waals surface area contributed by atoms with E-state index in [0.29, 0.717) is 22.7 Å². The molecule has 0 aromatic carbocycles. The maximum atomic E-state index is 12.3. The van der Waals surface area contributed by atoms with E-state index < -0.39 is 17.0 Å². The Bertz CT molecular complexity index is 843. The van der Waals surface area contributed by atoms with Gasteiger partial charge in [0.1, 0.15) is 11.4 Å². The van der Waals surface area contributed by atoms with Crippen molar-refractivity contribution in [1.29, 1.82) is 0 Å². The Kier molecular flexibility index (Phi) is 5.22. The number of aromatic nitrogens is 3. The molecule has 0 spiro atoms. The van der Waals surface area contributed by atoms with Gasteiger partial charge in [-0.1, -0.05) is 6.92 Å². The molecule has 2 aromatic heterocycles. The van der Waals surface area contributed by atoms with Crippen LogP contribution in [0.25, 0.3) is 0 Å². The highest BCUT2D eigenvalue weighted by molar-refractivity contribution is 7.99. The summed E-state index contributed by atoms with van der Waals surface area (Å²) in [4.78, 5) is 38.0. The van der Waals surface area contributed by atoms with Gasteiger partial charge in [-0.05, 0) is 24.2 Å². The summed E-state index contributed by atoms with van der Waals surface area (Å²) in [5.41, 5.74) is 4.11. The minimum Gasteiger partial charge on any atom is -0.618 e. The predicted molar refractivity (Wildman–Crippen MR) is 86.5 cm³/mol. The lowest BCUT2D eigenvalue weighted by Crippen LogP contribution is -2.36. The quantitative estimate of drug-likeness (QED) is 0.334. The van der Waals surface area contributed by atoms with Gasteiger partial charge in [-0.3, -0.25) is 19.1 Å². The summed E-state index contributed by atoms with van der Waals surface area (Å²) < 4.78 is 1.79. The highest BCUT2D eigenvalue weighted by Crippen LogP contribution is 2.15. The number of hydrogen-bond donors (Lipinski definition) is 2. The Morgan fingerprint density at radius 3 is 2.83 bits per heavy atom. The number of pyridine rings is 1. The minimum absolute atomic E-state index is 0.135. The van der Waals surface area contributed by atoms with E-state index in [0.717, 1.165) is 16.3 Å². The number of rotatable bonds is 6. The molecule has 0 saturated heterocycles. The molecule has 2 rings (SSSR count). The average Bonchev–Trinajstić information content (AvgIpc) is 2.50. The standard InChI is InChI=1S/C14H16N4O4S/c1-2-6-17-12(15)11(13(20)16-14(17)21)9(19)8-23-10-5-3-4-7-18(10)22/h3-5,7H,2,6,8,15H2,1H3,(H,16,20,21). The van der Waals surface area contributed by atoms with Crippen LogP contribution in [0.1, 0.15) is 23.7 Å². The molecule has 122 valence electrons. The van der Waals surface area contributed by atoms with Crippen LogP contribution in [0.5, 0.6) is 0 Å². The highest BCUT2D eigenvalue weighted by Gasteiger charge is 2.20. The zero-order valence-corrected chi connectivity index (χ0v) is 13.3. The zero-order valence-electron chi connectivity index (χ0n) is 12.4. The van der Waals surface area contributed by atoms with Crippen molar-refractivity contribution in [3.63, 3.8) is 0 Å². The number of anilines is 1. The summed E-state index contributed by atoms with van der Waals surface area (Å²) in [5.74, 6) is -0.819. The minimum atomic E-state index is -0.812. The van der Waals surface area contributed by atoms with Crippen molar-refractivity contribution in [2.24, 2.45) is 0 Å². The fourth-order valence-corrected chi connectivity index (χ4v) is 2.83. The Labute approximate surface area is 135 Å². The molecular weight excluding hydrogens is 320 g/mol. The van der Waals surface area contributed by atoms with E-state index in [4.69, 9.17) is 5.73 Å². The fraction of sp³-hybridized carbons (Fsp3) is 0.286. The van der Waals surface area contributed by atoms with Crippen LogP contribution in [0.2, 0.25) is 0 Å². The number of aromatic amines is 1. The SMILES string of the molecule is CCCn1c(N)c(C(=O)CSc2cccc[n+]2[O-])c(=O)[nH]c1=O. The molecule has 0 aliphatic rings. The summed E-state index contributed by atoms with van der Waals surface area (Å²) >= 11 is 0.996. The van der Waals surface area contributed by atoms with Crippen molar-refractivity contribution < 1.29 is 9.52 Å². The van der Waals surface area contributed by atoms with E-state index in [-0.39, 0.29) is 17.1 Å². The smallest absolute Gasteiger partial charge is 0.329 e. The molecular formula is C14H16N4O4S. The van der Waals surface area contributed by atoms with Gasteiger partial charge in [-0.15, -0.1) is 0 Å². The summed E-state index contributed by atoms with van der Waals surface area (Å²) in [6.07, 6.45) is 1.94. The number of nitrogen functional groups attached to an aromatic ring is 1. The van der Waals surface area contributed by atoms with Crippen LogP contribution in [0.15, 0.2) is 39.0 Å². The van der Waals surface area contributed by atoms with Crippen molar-refractivity contribution in [2.75, 3.05) is 11.5 Å². The molecule has 3 N–H and O–H groups in total. The number of H-pyrrole nitrogens is 1. The monoisotopic (exact) mass is 336 g/mol. The van der Waals surface area contributed by atoms with E-state index in [2.05, 4.69) is 4.98 Å². The Hall–Kier alpha value is -2.55. The molecule has 0 aliphatic heterocycles. The van der Waals surface area contributed by atoms with Gasteiger partial charge in [-0.25, -0.2) is 4.79 Å². The zero-order chi connectivity index (χ0) is 17.0. The highest BCUT2D eigenvalue weighted by atomic mass is 32.2. The lowest BCUT2D eigenvalue weighted by molar-refractivity contribution is -0.645. The first kappa shape index (κ1) is 16.8. The van der Waals surface area contributed by atoms with Gasteiger partial charge in [0, 0.05) is 18.7 Å². The van der Waals surface area contributed by atoms with Gasteiger partial charge in [0.15, 0.2) is 12.0 Å². The van der Waals surface area contributed by atoms with Gasteiger partial charge >= 0.3 is 5.69 Å². The van der Waals surface area contributed by atoms with Crippen LogP contribution in [-0.2, 0) is 6.54 Å². The van der Waals surface area contributed by atoms with E-state index in [1.165, 1.54) is 6.20 Å². The lowest BCUT2D eigenvalue weighted by Gasteiger charge is -2.10.